The summed E-state index contributed by atoms with van der Waals surface area (Å²) in [6.07, 6.45) is 4.37. The van der Waals surface area contributed by atoms with E-state index < -0.39 is 5.60 Å². The number of carbonyl (C=O) groups excluding carboxylic acids is 1. The summed E-state index contributed by atoms with van der Waals surface area (Å²) in [5.41, 5.74) is -0.409. The van der Waals surface area contributed by atoms with Gasteiger partial charge >= 0.3 is 6.09 Å². The molecule has 0 radical (unpaired) electrons. The number of nitrogens with one attached hydrogen (secondary N) is 1. The predicted molar refractivity (Wildman–Crippen MR) is 82.4 cm³/mol. The maximum absolute atomic E-state index is 12.1. The normalized spacial score (nSPS) is 26.9. The Bertz CT molecular complexity index is 335. The zero-order valence-electron chi connectivity index (χ0n) is 13.7. The molecule has 0 saturated carbocycles. The average molecular weight is 298 g/mol. The van der Waals surface area contributed by atoms with Crippen molar-refractivity contribution >= 4 is 6.09 Å². The molecule has 0 aromatic heterocycles. The molecule has 2 fully saturated rings. The highest BCUT2D eigenvalue weighted by molar-refractivity contribution is 5.68. The second-order valence-corrected chi connectivity index (χ2v) is 7.24. The van der Waals surface area contributed by atoms with Gasteiger partial charge in [-0.15, -0.1) is 0 Å². The number of hydrogen-bond donors (Lipinski definition) is 1. The molecule has 1 amide bonds. The molecule has 122 valence electrons. The van der Waals surface area contributed by atoms with Crippen LogP contribution in [0.5, 0.6) is 0 Å². The summed E-state index contributed by atoms with van der Waals surface area (Å²) in [5, 5.41) is 3.55. The van der Waals surface area contributed by atoms with Crippen LogP contribution in [-0.4, -0.2) is 55.5 Å². The van der Waals surface area contributed by atoms with Gasteiger partial charge in [-0.3, -0.25) is 0 Å². The molecule has 5 heteroatoms. The van der Waals surface area contributed by atoms with E-state index in [0.29, 0.717) is 12.0 Å². The Labute approximate surface area is 128 Å². The summed E-state index contributed by atoms with van der Waals surface area (Å²) in [5.74, 6) is 0.584. The van der Waals surface area contributed by atoms with Crippen molar-refractivity contribution in [2.45, 2.75) is 58.1 Å². The number of likely N-dealkylation sites (tertiary alicyclic amines) is 1. The highest BCUT2D eigenvalue weighted by Crippen LogP contribution is 2.21. The molecule has 0 bridgehead atoms. The third-order valence-electron chi connectivity index (χ3n) is 4.09. The van der Waals surface area contributed by atoms with Crippen molar-refractivity contribution in [3.05, 3.63) is 0 Å². The summed E-state index contributed by atoms with van der Waals surface area (Å²) in [4.78, 5) is 14.0. The van der Waals surface area contributed by atoms with Gasteiger partial charge in [-0.2, -0.15) is 0 Å². The highest BCUT2D eigenvalue weighted by Gasteiger charge is 2.27. The summed E-state index contributed by atoms with van der Waals surface area (Å²) >= 11 is 0. The van der Waals surface area contributed by atoms with Gasteiger partial charge in [0.15, 0.2) is 0 Å². The zero-order chi connectivity index (χ0) is 15.3. The van der Waals surface area contributed by atoms with Crippen LogP contribution in [0.1, 0.15) is 46.5 Å². The largest absolute Gasteiger partial charge is 0.444 e. The summed E-state index contributed by atoms with van der Waals surface area (Å²) in [6.45, 7) is 10.1. The molecule has 2 unspecified atom stereocenters. The van der Waals surface area contributed by atoms with Crippen LogP contribution in [0.4, 0.5) is 4.79 Å². The fraction of sp³-hybridized carbons (Fsp3) is 0.938. The minimum absolute atomic E-state index is 0.163. The molecule has 2 aliphatic heterocycles. The number of amides is 1. The number of ether oxygens (including phenoxy) is 2. The minimum Gasteiger partial charge on any atom is -0.444 e. The van der Waals surface area contributed by atoms with Gasteiger partial charge in [0.05, 0.1) is 6.61 Å². The maximum Gasteiger partial charge on any atom is 0.410 e. The maximum atomic E-state index is 12.1. The Morgan fingerprint density at radius 2 is 2.19 bits per heavy atom. The monoisotopic (exact) mass is 298 g/mol. The Balaban J connectivity index is 1.68. The Morgan fingerprint density at radius 1 is 1.38 bits per heavy atom. The van der Waals surface area contributed by atoms with E-state index in [-0.39, 0.29) is 6.09 Å². The van der Waals surface area contributed by atoms with Gasteiger partial charge < -0.3 is 19.7 Å². The van der Waals surface area contributed by atoms with Crippen LogP contribution >= 0.6 is 0 Å². The van der Waals surface area contributed by atoms with E-state index >= 15 is 0 Å². The van der Waals surface area contributed by atoms with Gasteiger partial charge in [0, 0.05) is 25.7 Å². The van der Waals surface area contributed by atoms with Gasteiger partial charge in [-0.1, -0.05) is 0 Å². The molecule has 2 heterocycles. The molecular weight excluding hydrogens is 268 g/mol. The first-order chi connectivity index (χ1) is 9.94. The van der Waals surface area contributed by atoms with Gasteiger partial charge in [-0.25, -0.2) is 4.79 Å². The van der Waals surface area contributed by atoms with Crippen LogP contribution in [0.15, 0.2) is 0 Å². The van der Waals surface area contributed by atoms with Crippen molar-refractivity contribution < 1.29 is 14.3 Å². The lowest BCUT2D eigenvalue weighted by Crippen LogP contribution is -2.43. The first-order valence-corrected chi connectivity index (χ1v) is 8.23. The fourth-order valence-electron chi connectivity index (χ4n) is 2.98. The molecule has 2 rings (SSSR count). The van der Waals surface area contributed by atoms with Crippen LogP contribution < -0.4 is 5.32 Å². The van der Waals surface area contributed by atoms with Crippen LogP contribution in [-0.2, 0) is 9.47 Å². The quantitative estimate of drug-likeness (QED) is 0.866. The van der Waals surface area contributed by atoms with Crippen LogP contribution in [0.2, 0.25) is 0 Å². The van der Waals surface area contributed by atoms with E-state index in [0.717, 1.165) is 52.1 Å². The van der Waals surface area contributed by atoms with E-state index in [1.807, 2.05) is 25.7 Å². The Hall–Kier alpha value is -0.810. The summed E-state index contributed by atoms with van der Waals surface area (Å²) in [6, 6.07) is 0.524. The second-order valence-electron chi connectivity index (χ2n) is 7.24. The fourth-order valence-corrected chi connectivity index (χ4v) is 2.98. The van der Waals surface area contributed by atoms with Gasteiger partial charge in [0.2, 0.25) is 0 Å². The van der Waals surface area contributed by atoms with E-state index in [1.54, 1.807) is 0 Å². The number of piperidine rings is 1. The average Bonchev–Trinajstić information content (AvgIpc) is 2.90. The molecule has 0 aliphatic carbocycles. The van der Waals surface area contributed by atoms with Crippen molar-refractivity contribution in [3.8, 4) is 0 Å². The smallest absolute Gasteiger partial charge is 0.410 e. The van der Waals surface area contributed by atoms with Crippen LogP contribution in [0, 0.1) is 5.92 Å². The minimum atomic E-state index is -0.409. The first kappa shape index (κ1) is 16.6. The number of hydrogen-bond acceptors (Lipinski definition) is 4. The summed E-state index contributed by atoms with van der Waals surface area (Å²) < 4.78 is 10.8. The standard InChI is InChI=1S/C16H30N2O3/c1-16(2,3)21-15(19)18-9-4-5-13(11-18)6-8-17-14-7-10-20-12-14/h13-14,17H,4-12H2,1-3H3. The Morgan fingerprint density at radius 3 is 2.86 bits per heavy atom. The molecule has 1 N–H and O–H groups in total. The van der Waals surface area contributed by atoms with E-state index in [2.05, 4.69) is 5.32 Å². The summed E-state index contributed by atoms with van der Waals surface area (Å²) in [7, 11) is 0. The van der Waals surface area contributed by atoms with E-state index in [1.165, 1.54) is 6.42 Å². The lowest BCUT2D eigenvalue weighted by molar-refractivity contribution is 0.0161. The van der Waals surface area contributed by atoms with Crippen molar-refractivity contribution in [1.82, 2.24) is 10.2 Å². The molecule has 2 saturated heterocycles. The van der Waals surface area contributed by atoms with Gasteiger partial charge in [-0.05, 0) is 58.9 Å². The molecule has 2 aliphatic rings. The highest BCUT2D eigenvalue weighted by atomic mass is 16.6. The predicted octanol–water partition coefficient (Wildman–Crippen LogP) is 2.40. The van der Waals surface area contributed by atoms with Gasteiger partial charge in [0.25, 0.3) is 0 Å². The SMILES string of the molecule is CC(C)(C)OC(=O)N1CCCC(CCNC2CCOC2)C1. The van der Waals surface area contributed by atoms with Gasteiger partial charge in [0.1, 0.15) is 5.60 Å². The van der Waals surface area contributed by atoms with E-state index in [4.69, 9.17) is 9.47 Å². The molecule has 0 aromatic carbocycles. The van der Waals surface area contributed by atoms with Crippen molar-refractivity contribution in [2.75, 3.05) is 32.8 Å². The van der Waals surface area contributed by atoms with Crippen LogP contribution in [0.25, 0.3) is 0 Å². The lowest BCUT2D eigenvalue weighted by Gasteiger charge is -2.34. The molecule has 0 aromatic rings. The molecule has 2 atom stereocenters. The molecule has 0 spiro atoms. The molecule has 21 heavy (non-hydrogen) atoms. The zero-order valence-corrected chi connectivity index (χ0v) is 13.7. The van der Waals surface area contributed by atoms with Crippen LogP contribution in [0.3, 0.4) is 0 Å². The topological polar surface area (TPSA) is 50.8 Å². The third kappa shape index (κ3) is 5.83. The number of nitrogens with zero attached hydrogens (tertiary/aromatic N) is 1. The van der Waals surface area contributed by atoms with Crippen molar-refractivity contribution in [1.29, 1.82) is 0 Å². The third-order valence-corrected chi connectivity index (χ3v) is 4.09. The second kappa shape index (κ2) is 7.45. The molecule has 5 nitrogen and oxygen atoms in total. The van der Waals surface area contributed by atoms with Crippen molar-refractivity contribution in [3.63, 3.8) is 0 Å². The number of rotatable bonds is 4. The number of carbonyl (C=O) groups is 1. The first-order valence-electron chi connectivity index (χ1n) is 8.23. The molecular formula is C16H30N2O3. The van der Waals surface area contributed by atoms with Crippen molar-refractivity contribution in [2.24, 2.45) is 5.92 Å². The Kier molecular flexibility index (Phi) is 5.88. The lowest BCUT2D eigenvalue weighted by atomic mass is 9.95. The van der Waals surface area contributed by atoms with E-state index in [9.17, 15) is 4.79 Å².